The van der Waals surface area contributed by atoms with Crippen molar-refractivity contribution in [2.24, 2.45) is 5.41 Å². The van der Waals surface area contributed by atoms with Gasteiger partial charge in [-0.1, -0.05) is 26.8 Å². The van der Waals surface area contributed by atoms with Crippen LogP contribution in [0.15, 0.2) is 11.6 Å². The monoisotopic (exact) mass is 310 g/mol. The van der Waals surface area contributed by atoms with E-state index in [9.17, 15) is 9.59 Å². The second-order valence-corrected chi connectivity index (χ2v) is 8.08. The molecule has 1 N–H and O–H groups in total. The minimum Gasteiger partial charge on any atom is -0.444 e. The second kappa shape index (κ2) is 6.71. The summed E-state index contributed by atoms with van der Waals surface area (Å²) in [7, 11) is 0. The quantitative estimate of drug-likeness (QED) is 0.797. The molecule has 0 aromatic carbocycles. The fraction of sp³-hybridized carbons (Fsp3) is 0.765. The summed E-state index contributed by atoms with van der Waals surface area (Å²) in [6, 6.07) is -0.0405. The molecule has 0 bridgehead atoms. The van der Waals surface area contributed by atoms with Gasteiger partial charge in [0.05, 0.1) is 6.04 Å². The van der Waals surface area contributed by atoms with Crippen molar-refractivity contribution in [1.82, 2.24) is 10.2 Å². The zero-order valence-corrected chi connectivity index (χ0v) is 14.9. The second-order valence-electron chi connectivity index (χ2n) is 8.08. The highest BCUT2D eigenvalue weighted by Gasteiger charge is 2.29. The van der Waals surface area contributed by atoms with Crippen LogP contribution in [0.2, 0.25) is 0 Å². The Hall–Kier alpha value is -1.52. The number of nitrogens with zero attached hydrogens (tertiary/aromatic N) is 1. The molecule has 1 rings (SSSR count). The van der Waals surface area contributed by atoms with Gasteiger partial charge in [-0.15, -0.1) is 0 Å². The summed E-state index contributed by atoms with van der Waals surface area (Å²) in [6.45, 7) is 14.7. The van der Waals surface area contributed by atoms with E-state index in [0.717, 1.165) is 12.0 Å². The van der Waals surface area contributed by atoms with Gasteiger partial charge in [-0.05, 0) is 39.5 Å². The van der Waals surface area contributed by atoms with Gasteiger partial charge in [0.25, 0.3) is 0 Å². The molecule has 5 heteroatoms. The van der Waals surface area contributed by atoms with Crippen molar-refractivity contribution < 1.29 is 14.3 Å². The molecule has 1 saturated heterocycles. The Morgan fingerprint density at radius 3 is 2.27 bits per heavy atom. The number of alkyl carbamates (subject to hydrolysis) is 1. The molecule has 0 spiro atoms. The van der Waals surface area contributed by atoms with Crippen molar-refractivity contribution in [1.29, 1.82) is 0 Å². The molecule has 1 atom stereocenters. The number of allylic oxidation sites excluding steroid dienone is 1. The maximum Gasteiger partial charge on any atom is 0.407 e. The lowest BCUT2D eigenvalue weighted by atomic mass is 9.93. The van der Waals surface area contributed by atoms with E-state index in [1.807, 2.05) is 33.8 Å². The standard InChI is InChI=1S/C17H30N2O3/c1-12(10-16(2,3)4)14(20)19-9-8-13(11-19)18-15(21)22-17(5,6)7/h10,13H,8-9,11H2,1-7H3,(H,18,21)/b12-10-/t13-/m1/s1. The first-order chi connectivity index (χ1) is 9.87. The van der Waals surface area contributed by atoms with Crippen LogP contribution in [0.4, 0.5) is 4.79 Å². The van der Waals surface area contributed by atoms with Gasteiger partial charge < -0.3 is 15.0 Å². The minimum absolute atomic E-state index is 0.0202. The lowest BCUT2D eigenvalue weighted by Crippen LogP contribution is -2.41. The summed E-state index contributed by atoms with van der Waals surface area (Å²) < 4.78 is 5.24. The number of nitrogens with one attached hydrogen (secondary N) is 1. The third-order valence-corrected chi connectivity index (χ3v) is 3.18. The van der Waals surface area contributed by atoms with Crippen LogP contribution in [0, 0.1) is 5.41 Å². The molecule has 0 aromatic heterocycles. The molecule has 1 aliphatic heterocycles. The normalized spacial score (nSPS) is 20.0. The summed E-state index contributed by atoms with van der Waals surface area (Å²) in [4.78, 5) is 26.0. The van der Waals surface area contributed by atoms with Crippen LogP contribution in [-0.2, 0) is 9.53 Å². The van der Waals surface area contributed by atoms with Gasteiger partial charge >= 0.3 is 6.09 Å². The van der Waals surface area contributed by atoms with Crippen molar-refractivity contribution in [3.05, 3.63) is 11.6 Å². The van der Waals surface area contributed by atoms with E-state index in [1.54, 1.807) is 4.90 Å². The third-order valence-electron chi connectivity index (χ3n) is 3.18. The number of rotatable bonds is 2. The largest absolute Gasteiger partial charge is 0.444 e. The fourth-order valence-electron chi connectivity index (χ4n) is 2.50. The maximum absolute atomic E-state index is 12.4. The average Bonchev–Trinajstić information content (AvgIpc) is 2.71. The topological polar surface area (TPSA) is 58.6 Å². The predicted molar refractivity (Wildman–Crippen MR) is 87.6 cm³/mol. The molecule has 1 fully saturated rings. The molecule has 0 aromatic rings. The van der Waals surface area contributed by atoms with Crippen molar-refractivity contribution in [3.8, 4) is 0 Å². The molecular formula is C17H30N2O3. The first-order valence-electron chi connectivity index (χ1n) is 7.86. The Balaban J connectivity index is 2.54. The van der Waals surface area contributed by atoms with Crippen LogP contribution in [-0.4, -0.2) is 41.6 Å². The third kappa shape index (κ3) is 6.50. The zero-order chi connectivity index (χ0) is 17.1. The summed E-state index contributed by atoms with van der Waals surface area (Å²) in [6.07, 6.45) is 2.33. The molecule has 0 radical (unpaired) electrons. The van der Waals surface area contributed by atoms with Gasteiger partial charge in [0.2, 0.25) is 5.91 Å². The van der Waals surface area contributed by atoms with Gasteiger partial charge in [-0.25, -0.2) is 4.79 Å². The number of hydrogen-bond donors (Lipinski definition) is 1. The molecule has 1 heterocycles. The van der Waals surface area contributed by atoms with Crippen LogP contribution >= 0.6 is 0 Å². The number of carbonyl (C=O) groups excluding carboxylic acids is 2. The number of likely N-dealkylation sites (tertiary alicyclic amines) is 1. The number of hydrogen-bond acceptors (Lipinski definition) is 3. The van der Waals surface area contributed by atoms with Gasteiger partial charge in [0, 0.05) is 18.7 Å². The SMILES string of the molecule is C/C(=C/C(C)(C)C)C(=O)N1CC[C@@H](NC(=O)OC(C)(C)C)C1. The lowest BCUT2D eigenvalue weighted by molar-refractivity contribution is -0.126. The van der Waals surface area contributed by atoms with Crippen LogP contribution in [0.25, 0.3) is 0 Å². The Morgan fingerprint density at radius 1 is 1.18 bits per heavy atom. The smallest absolute Gasteiger partial charge is 0.407 e. The Kier molecular flexibility index (Phi) is 5.65. The van der Waals surface area contributed by atoms with Crippen molar-refractivity contribution in [3.63, 3.8) is 0 Å². The van der Waals surface area contributed by atoms with Crippen LogP contribution in [0.1, 0.15) is 54.9 Å². The summed E-state index contributed by atoms with van der Waals surface area (Å²) in [5, 5.41) is 2.83. The fourth-order valence-corrected chi connectivity index (χ4v) is 2.50. The van der Waals surface area contributed by atoms with Gasteiger partial charge in [-0.3, -0.25) is 4.79 Å². The summed E-state index contributed by atoms with van der Waals surface area (Å²) in [5.74, 6) is 0.0448. The molecule has 1 aliphatic rings. The van der Waals surface area contributed by atoms with Crippen molar-refractivity contribution >= 4 is 12.0 Å². The molecular weight excluding hydrogens is 280 g/mol. The van der Waals surface area contributed by atoms with Gasteiger partial charge in [-0.2, -0.15) is 0 Å². The number of amides is 2. The van der Waals surface area contributed by atoms with Crippen LogP contribution < -0.4 is 5.32 Å². The summed E-state index contributed by atoms with van der Waals surface area (Å²) in [5.41, 5.74) is 0.225. The van der Waals surface area contributed by atoms with Gasteiger partial charge in [0.1, 0.15) is 5.60 Å². The average molecular weight is 310 g/mol. The van der Waals surface area contributed by atoms with E-state index in [2.05, 4.69) is 26.1 Å². The highest BCUT2D eigenvalue weighted by molar-refractivity contribution is 5.93. The highest BCUT2D eigenvalue weighted by atomic mass is 16.6. The Labute approximate surface area is 134 Å². The zero-order valence-electron chi connectivity index (χ0n) is 14.9. The van der Waals surface area contributed by atoms with E-state index in [4.69, 9.17) is 4.74 Å². The molecule has 2 amide bonds. The Bertz CT molecular complexity index is 456. The maximum atomic E-state index is 12.4. The first-order valence-corrected chi connectivity index (χ1v) is 7.86. The van der Waals surface area contributed by atoms with E-state index < -0.39 is 11.7 Å². The highest BCUT2D eigenvalue weighted by Crippen LogP contribution is 2.20. The number of carbonyl (C=O) groups is 2. The van der Waals surface area contributed by atoms with Crippen molar-refractivity contribution in [2.45, 2.75) is 66.5 Å². The molecule has 22 heavy (non-hydrogen) atoms. The van der Waals surface area contributed by atoms with E-state index in [-0.39, 0.29) is 17.4 Å². The minimum atomic E-state index is -0.510. The molecule has 126 valence electrons. The van der Waals surface area contributed by atoms with Crippen LogP contribution in [0.5, 0.6) is 0 Å². The van der Waals surface area contributed by atoms with Crippen molar-refractivity contribution in [2.75, 3.05) is 13.1 Å². The molecule has 5 nitrogen and oxygen atoms in total. The molecule has 0 unspecified atom stereocenters. The lowest BCUT2D eigenvalue weighted by Gasteiger charge is -2.22. The molecule has 0 aliphatic carbocycles. The predicted octanol–water partition coefficient (Wildman–Crippen LogP) is 3.10. The van der Waals surface area contributed by atoms with E-state index >= 15 is 0 Å². The number of ether oxygens (including phenoxy) is 1. The van der Waals surface area contributed by atoms with E-state index in [1.165, 1.54) is 0 Å². The van der Waals surface area contributed by atoms with E-state index in [0.29, 0.717) is 13.1 Å². The van der Waals surface area contributed by atoms with Crippen LogP contribution in [0.3, 0.4) is 0 Å². The molecule has 0 saturated carbocycles. The summed E-state index contributed by atoms with van der Waals surface area (Å²) >= 11 is 0. The van der Waals surface area contributed by atoms with Gasteiger partial charge in [0.15, 0.2) is 0 Å². The first kappa shape index (κ1) is 18.5. The Morgan fingerprint density at radius 2 is 1.77 bits per heavy atom.